The van der Waals surface area contributed by atoms with E-state index in [-0.39, 0.29) is 0 Å². The fourth-order valence-corrected chi connectivity index (χ4v) is 1.86. The lowest BCUT2D eigenvalue weighted by Crippen LogP contribution is -2.33. The highest BCUT2D eigenvalue weighted by molar-refractivity contribution is 9.09. The van der Waals surface area contributed by atoms with Crippen molar-refractivity contribution in [1.29, 1.82) is 0 Å². The maximum Gasteiger partial charge on any atom is 0.234 e. The number of alkyl halides is 1. The van der Waals surface area contributed by atoms with Gasteiger partial charge < -0.3 is 9.64 Å². The number of anilines is 1. The molecule has 0 saturated carbocycles. The molecule has 1 heterocycles. The van der Waals surface area contributed by atoms with Gasteiger partial charge in [0, 0.05) is 17.9 Å². The molecule has 0 aliphatic heterocycles. The monoisotopic (exact) mass is 301 g/mol. The van der Waals surface area contributed by atoms with Gasteiger partial charge in [-0.2, -0.15) is 4.98 Å². The summed E-state index contributed by atoms with van der Waals surface area (Å²) in [6, 6.07) is 0.392. The van der Waals surface area contributed by atoms with Crippen LogP contribution in [0.25, 0.3) is 0 Å². The third-order valence-corrected chi connectivity index (χ3v) is 2.65. The Labute approximate surface area is 112 Å². The minimum atomic E-state index is 0.392. The Morgan fingerprint density at radius 1 is 1.41 bits per heavy atom. The molecule has 0 fully saturated rings. The summed E-state index contributed by atoms with van der Waals surface area (Å²) < 4.78 is 5.49. The summed E-state index contributed by atoms with van der Waals surface area (Å²) in [5, 5.41) is 0.910. The van der Waals surface area contributed by atoms with Gasteiger partial charge in [-0.1, -0.05) is 22.9 Å². The Hall–Kier alpha value is -0.840. The Kier molecular flexibility index (Phi) is 6.26. The first-order chi connectivity index (χ1) is 8.19. The van der Waals surface area contributed by atoms with E-state index >= 15 is 0 Å². The lowest BCUT2D eigenvalue weighted by Gasteiger charge is -2.26. The van der Waals surface area contributed by atoms with Crippen LogP contribution >= 0.6 is 15.9 Å². The van der Waals surface area contributed by atoms with Crippen LogP contribution in [0.5, 0.6) is 5.88 Å². The molecule has 1 rings (SSSR count). The summed E-state index contributed by atoms with van der Waals surface area (Å²) >= 11 is 3.45. The molecule has 4 nitrogen and oxygen atoms in total. The second-order valence-corrected chi connectivity index (χ2v) is 4.83. The number of hydrogen-bond donors (Lipinski definition) is 0. The molecule has 0 aromatic carbocycles. The first-order valence-electron chi connectivity index (χ1n) is 5.96. The van der Waals surface area contributed by atoms with Crippen LogP contribution in [-0.4, -0.2) is 34.5 Å². The highest BCUT2D eigenvalue weighted by Gasteiger charge is 2.12. The molecule has 0 unspecified atom stereocenters. The normalized spacial score (nSPS) is 10.6. The quantitative estimate of drug-likeness (QED) is 0.726. The largest absolute Gasteiger partial charge is 0.477 e. The SMILES string of the molecule is CCCOc1cncc(N(CCBr)C(C)C)n1. The van der Waals surface area contributed by atoms with Gasteiger partial charge in [-0.05, 0) is 20.3 Å². The second kappa shape index (κ2) is 7.48. The molecular weight excluding hydrogens is 282 g/mol. The molecule has 96 valence electrons. The van der Waals surface area contributed by atoms with Crippen LogP contribution in [0.1, 0.15) is 27.2 Å². The zero-order valence-electron chi connectivity index (χ0n) is 10.7. The van der Waals surface area contributed by atoms with Gasteiger partial charge in [0.05, 0.1) is 19.0 Å². The molecule has 0 radical (unpaired) electrons. The van der Waals surface area contributed by atoms with Gasteiger partial charge in [-0.15, -0.1) is 0 Å². The van der Waals surface area contributed by atoms with E-state index in [1.807, 2.05) is 0 Å². The first-order valence-corrected chi connectivity index (χ1v) is 7.08. The number of nitrogens with zero attached hydrogens (tertiary/aromatic N) is 3. The molecule has 0 N–H and O–H groups in total. The topological polar surface area (TPSA) is 38.2 Å². The number of halogens is 1. The van der Waals surface area contributed by atoms with Crippen molar-refractivity contribution in [2.45, 2.75) is 33.2 Å². The molecule has 0 saturated heterocycles. The van der Waals surface area contributed by atoms with Crippen LogP contribution in [-0.2, 0) is 0 Å². The van der Waals surface area contributed by atoms with Crippen molar-refractivity contribution in [2.75, 3.05) is 23.4 Å². The lowest BCUT2D eigenvalue weighted by molar-refractivity contribution is 0.304. The smallest absolute Gasteiger partial charge is 0.234 e. The molecule has 0 aliphatic carbocycles. The minimum Gasteiger partial charge on any atom is -0.477 e. The van der Waals surface area contributed by atoms with Crippen LogP contribution in [0.4, 0.5) is 5.82 Å². The van der Waals surface area contributed by atoms with E-state index in [1.54, 1.807) is 12.4 Å². The zero-order chi connectivity index (χ0) is 12.7. The Balaban J connectivity index is 2.80. The predicted molar refractivity (Wildman–Crippen MR) is 74.1 cm³/mol. The van der Waals surface area contributed by atoms with Gasteiger partial charge in [0.15, 0.2) is 5.82 Å². The van der Waals surface area contributed by atoms with E-state index in [4.69, 9.17) is 4.74 Å². The van der Waals surface area contributed by atoms with Crippen LogP contribution in [0.2, 0.25) is 0 Å². The van der Waals surface area contributed by atoms with Crippen molar-refractivity contribution in [1.82, 2.24) is 9.97 Å². The van der Waals surface area contributed by atoms with Crippen molar-refractivity contribution in [3.05, 3.63) is 12.4 Å². The van der Waals surface area contributed by atoms with Crippen molar-refractivity contribution in [3.63, 3.8) is 0 Å². The third kappa shape index (κ3) is 4.50. The summed E-state index contributed by atoms with van der Waals surface area (Å²) in [6.07, 6.45) is 4.41. The molecule has 1 aromatic rings. The van der Waals surface area contributed by atoms with Crippen LogP contribution in [0.3, 0.4) is 0 Å². The van der Waals surface area contributed by atoms with Gasteiger partial charge in [0.2, 0.25) is 5.88 Å². The molecule has 0 atom stereocenters. The fraction of sp³-hybridized carbons (Fsp3) is 0.667. The zero-order valence-corrected chi connectivity index (χ0v) is 12.3. The molecule has 0 aliphatic rings. The summed E-state index contributed by atoms with van der Waals surface area (Å²) in [5.41, 5.74) is 0. The summed E-state index contributed by atoms with van der Waals surface area (Å²) in [5.74, 6) is 1.47. The van der Waals surface area contributed by atoms with E-state index in [9.17, 15) is 0 Å². The maximum atomic E-state index is 5.49. The van der Waals surface area contributed by atoms with Crippen LogP contribution in [0, 0.1) is 0 Å². The summed E-state index contributed by atoms with van der Waals surface area (Å²) in [7, 11) is 0. The van der Waals surface area contributed by atoms with E-state index < -0.39 is 0 Å². The van der Waals surface area contributed by atoms with E-state index in [0.717, 1.165) is 24.1 Å². The molecule has 17 heavy (non-hydrogen) atoms. The molecule has 0 spiro atoms. The standard InChI is InChI=1S/C12H20BrN3O/c1-4-7-17-12-9-14-8-11(15-12)16(6-5-13)10(2)3/h8-10H,4-7H2,1-3H3. The average Bonchev–Trinajstić information content (AvgIpc) is 2.33. The van der Waals surface area contributed by atoms with Crippen LogP contribution < -0.4 is 9.64 Å². The molecule has 5 heteroatoms. The van der Waals surface area contributed by atoms with E-state index in [0.29, 0.717) is 18.5 Å². The highest BCUT2D eigenvalue weighted by Crippen LogP contribution is 2.16. The third-order valence-electron chi connectivity index (χ3n) is 2.30. The summed E-state index contributed by atoms with van der Waals surface area (Å²) in [6.45, 7) is 7.94. The van der Waals surface area contributed by atoms with Crippen molar-refractivity contribution < 1.29 is 4.74 Å². The van der Waals surface area contributed by atoms with Gasteiger partial charge >= 0.3 is 0 Å². The number of hydrogen-bond acceptors (Lipinski definition) is 4. The minimum absolute atomic E-state index is 0.392. The Morgan fingerprint density at radius 3 is 2.76 bits per heavy atom. The van der Waals surface area contributed by atoms with Crippen molar-refractivity contribution in [3.8, 4) is 5.88 Å². The molecule has 0 bridgehead atoms. The van der Waals surface area contributed by atoms with Gasteiger partial charge in [-0.3, -0.25) is 4.98 Å². The maximum absolute atomic E-state index is 5.49. The number of rotatable bonds is 7. The number of aromatic nitrogens is 2. The average molecular weight is 302 g/mol. The molecule has 0 amide bonds. The molecule has 1 aromatic heterocycles. The number of ether oxygens (including phenoxy) is 1. The fourth-order valence-electron chi connectivity index (χ4n) is 1.48. The van der Waals surface area contributed by atoms with Gasteiger partial charge in [0.25, 0.3) is 0 Å². The molecular formula is C12H20BrN3O. The Morgan fingerprint density at radius 2 is 2.18 bits per heavy atom. The van der Waals surface area contributed by atoms with Crippen molar-refractivity contribution in [2.24, 2.45) is 0 Å². The van der Waals surface area contributed by atoms with Gasteiger partial charge in [-0.25, -0.2) is 0 Å². The van der Waals surface area contributed by atoms with E-state index in [1.165, 1.54) is 0 Å². The Bertz CT molecular complexity index is 333. The predicted octanol–water partition coefficient (Wildman–Crippen LogP) is 2.88. The lowest BCUT2D eigenvalue weighted by atomic mass is 10.3. The van der Waals surface area contributed by atoms with Crippen molar-refractivity contribution >= 4 is 21.7 Å². The van der Waals surface area contributed by atoms with Gasteiger partial charge in [0.1, 0.15) is 0 Å². The highest BCUT2D eigenvalue weighted by atomic mass is 79.9. The van der Waals surface area contributed by atoms with Crippen LogP contribution in [0.15, 0.2) is 12.4 Å². The summed E-state index contributed by atoms with van der Waals surface area (Å²) in [4.78, 5) is 10.8. The first kappa shape index (κ1) is 14.2. The second-order valence-electron chi connectivity index (χ2n) is 4.04. The van der Waals surface area contributed by atoms with E-state index in [2.05, 4.69) is 51.6 Å².